The highest BCUT2D eigenvalue weighted by molar-refractivity contribution is 9.13. The van der Waals surface area contributed by atoms with E-state index in [0.29, 0.717) is 59.2 Å². The van der Waals surface area contributed by atoms with E-state index in [1.807, 2.05) is 25.1 Å². The summed E-state index contributed by atoms with van der Waals surface area (Å²) in [6.07, 6.45) is 3.01. The Morgan fingerprint density at radius 2 is 1.84 bits per heavy atom. The molecule has 0 aliphatic rings. The molecule has 0 N–H and O–H groups in total. The van der Waals surface area contributed by atoms with E-state index in [-0.39, 0.29) is 12.2 Å². The predicted octanol–water partition coefficient (Wildman–Crippen LogP) is 8.41. The molecule has 11 heteroatoms. The molecular formula is C26H20Br3Cl2N3O3. The molecule has 0 saturated heterocycles. The van der Waals surface area contributed by atoms with Gasteiger partial charge in [-0.1, -0.05) is 52.1 Å². The van der Waals surface area contributed by atoms with Crippen LogP contribution in [0.2, 0.25) is 10.0 Å². The molecule has 1 aromatic heterocycles. The molecular weight excluding hydrogens is 713 g/mol. The lowest BCUT2D eigenvalue weighted by Crippen LogP contribution is -2.22. The summed E-state index contributed by atoms with van der Waals surface area (Å²) < 4.78 is 15.1. The van der Waals surface area contributed by atoms with E-state index in [2.05, 4.69) is 57.9 Å². The molecule has 0 atom stereocenters. The first-order chi connectivity index (χ1) is 17.7. The van der Waals surface area contributed by atoms with Crippen LogP contribution in [0, 0.1) is 0 Å². The molecule has 3 aromatic carbocycles. The molecule has 0 aliphatic heterocycles. The number of nitrogens with zero attached hydrogens (tertiary/aromatic N) is 3. The minimum absolute atomic E-state index is 0.241. The number of methoxy groups -OCH3 is 1. The van der Waals surface area contributed by atoms with Crippen LogP contribution in [0.1, 0.15) is 30.3 Å². The van der Waals surface area contributed by atoms with Crippen LogP contribution < -0.4 is 15.0 Å². The first-order valence-electron chi connectivity index (χ1n) is 11.1. The molecule has 1 heterocycles. The molecule has 0 unspecified atom stereocenters. The average molecular weight is 733 g/mol. The summed E-state index contributed by atoms with van der Waals surface area (Å²) in [5.74, 6) is 1.57. The van der Waals surface area contributed by atoms with Gasteiger partial charge in [-0.15, -0.1) is 0 Å². The lowest BCUT2D eigenvalue weighted by atomic mass is 10.2. The highest BCUT2D eigenvalue weighted by Gasteiger charge is 2.18. The summed E-state index contributed by atoms with van der Waals surface area (Å²) in [5, 5.41) is 5.93. The Balaban J connectivity index is 1.71. The number of aryl methyl sites for hydroxylation is 1. The lowest BCUT2D eigenvalue weighted by molar-refractivity contribution is 0.282. The molecule has 0 spiro atoms. The summed E-state index contributed by atoms with van der Waals surface area (Å²) in [5.41, 5.74) is 1.92. The van der Waals surface area contributed by atoms with Crippen molar-refractivity contribution < 1.29 is 9.47 Å². The number of ether oxygens (including phenoxy) is 2. The molecule has 37 heavy (non-hydrogen) atoms. The fraction of sp³-hybridized carbons (Fsp3) is 0.192. The van der Waals surface area contributed by atoms with Gasteiger partial charge < -0.3 is 9.47 Å². The fourth-order valence-electron chi connectivity index (χ4n) is 3.59. The monoisotopic (exact) mass is 729 g/mol. The van der Waals surface area contributed by atoms with Crippen molar-refractivity contribution in [2.45, 2.75) is 26.4 Å². The zero-order valence-corrected chi connectivity index (χ0v) is 26.0. The SMILES string of the molecule is CCCc1nc2ccc(Br)cc2c(=O)n1N=Cc1cc(OC)c(OCc2ccc(Cl)c(Cl)c2)c(Br)c1Br. The van der Waals surface area contributed by atoms with E-state index in [0.717, 1.165) is 16.5 Å². The van der Waals surface area contributed by atoms with Crippen molar-refractivity contribution in [1.82, 2.24) is 9.66 Å². The summed E-state index contributed by atoms with van der Waals surface area (Å²) in [4.78, 5) is 18.0. The normalized spacial score (nSPS) is 11.4. The van der Waals surface area contributed by atoms with Gasteiger partial charge >= 0.3 is 0 Å². The van der Waals surface area contributed by atoms with Crippen LogP contribution in [0.15, 0.2) is 65.8 Å². The van der Waals surface area contributed by atoms with Crippen LogP contribution in [-0.2, 0) is 13.0 Å². The summed E-state index contributed by atoms with van der Waals surface area (Å²) in [6, 6.07) is 12.5. The van der Waals surface area contributed by atoms with E-state index in [1.54, 1.807) is 37.6 Å². The summed E-state index contributed by atoms with van der Waals surface area (Å²) in [6.45, 7) is 2.28. The van der Waals surface area contributed by atoms with Crippen molar-refractivity contribution in [3.05, 3.63) is 93.2 Å². The predicted molar refractivity (Wildman–Crippen MR) is 160 cm³/mol. The maximum Gasteiger partial charge on any atom is 0.282 e. The van der Waals surface area contributed by atoms with Crippen molar-refractivity contribution in [2.24, 2.45) is 5.10 Å². The highest BCUT2D eigenvalue weighted by atomic mass is 79.9. The maximum absolute atomic E-state index is 13.3. The molecule has 0 fully saturated rings. The Kier molecular flexibility index (Phi) is 9.34. The van der Waals surface area contributed by atoms with Gasteiger partial charge in [-0.05, 0) is 80.2 Å². The minimum Gasteiger partial charge on any atom is -0.493 e. The van der Waals surface area contributed by atoms with Crippen molar-refractivity contribution in [2.75, 3.05) is 7.11 Å². The van der Waals surface area contributed by atoms with Gasteiger partial charge in [0.05, 0.1) is 38.7 Å². The molecule has 0 bridgehead atoms. The Labute approximate surface area is 249 Å². The zero-order valence-electron chi connectivity index (χ0n) is 19.7. The molecule has 6 nitrogen and oxygen atoms in total. The highest BCUT2D eigenvalue weighted by Crippen LogP contribution is 2.42. The van der Waals surface area contributed by atoms with Crippen molar-refractivity contribution in [3.8, 4) is 11.5 Å². The molecule has 0 radical (unpaired) electrons. The Bertz CT molecular complexity index is 1570. The standard InChI is InChI=1S/C26H20Br3Cl2N3O3/c1-3-4-22-33-20-8-6-16(27)11-17(20)26(35)34(22)32-12-15-10-21(36-2)25(24(29)23(15)28)37-13-14-5-7-18(30)19(31)9-14/h5-12H,3-4,13H2,1-2H3. The van der Waals surface area contributed by atoms with Crippen molar-refractivity contribution in [3.63, 3.8) is 0 Å². The maximum atomic E-state index is 13.3. The van der Waals surface area contributed by atoms with Crippen LogP contribution in [0.5, 0.6) is 11.5 Å². The van der Waals surface area contributed by atoms with Crippen LogP contribution in [0.3, 0.4) is 0 Å². The number of benzene rings is 3. The fourth-order valence-corrected chi connectivity index (χ4v) is 5.21. The number of hydrogen-bond acceptors (Lipinski definition) is 5. The van der Waals surface area contributed by atoms with E-state index < -0.39 is 0 Å². The third kappa shape index (κ3) is 6.23. The summed E-state index contributed by atoms with van der Waals surface area (Å²) >= 11 is 22.8. The van der Waals surface area contributed by atoms with Crippen molar-refractivity contribution in [1.29, 1.82) is 0 Å². The van der Waals surface area contributed by atoms with E-state index >= 15 is 0 Å². The van der Waals surface area contributed by atoms with Gasteiger partial charge in [0.1, 0.15) is 12.4 Å². The quantitative estimate of drug-likeness (QED) is 0.171. The van der Waals surface area contributed by atoms with Gasteiger partial charge in [0, 0.05) is 20.9 Å². The Hall–Kier alpha value is -1.91. The Morgan fingerprint density at radius 3 is 2.54 bits per heavy atom. The second-order valence-electron chi connectivity index (χ2n) is 7.96. The third-order valence-electron chi connectivity index (χ3n) is 5.40. The third-order valence-corrected chi connectivity index (χ3v) is 8.78. The first-order valence-corrected chi connectivity index (χ1v) is 14.2. The minimum atomic E-state index is -0.241. The molecule has 0 aliphatic carbocycles. The Morgan fingerprint density at radius 1 is 1.05 bits per heavy atom. The smallest absolute Gasteiger partial charge is 0.282 e. The van der Waals surface area contributed by atoms with Gasteiger partial charge in [-0.2, -0.15) is 9.78 Å². The largest absolute Gasteiger partial charge is 0.493 e. The van der Waals surface area contributed by atoms with Gasteiger partial charge in [-0.3, -0.25) is 4.79 Å². The molecule has 0 amide bonds. The van der Waals surface area contributed by atoms with Gasteiger partial charge in [0.2, 0.25) is 0 Å². The molecule has 0 saturated carbocycles. The lowest BCUT2D eigenvalue weighted by Gasteiger charge is -2.16. The molecule has 4 aromatic rings. The molecule has 4 rings (SSSR count). The van der Waals surface area contributed by atoms with Crippen LogP contribution in [0.25, 0.3) is 10.9 Å². The second kappa shape index (κ2) is 12.3. The molecule has 192 valence electrons. The van der Waals surface area contributed by atoms with Gasteiger partial charge in [0.15, 0.2) is 11.5 Å². The van der Waals surface area contributed by atoms with Crippen LogP contribution in [0.4, 0.5) is 0 Å². The second-order valence-corrected chi connectivity index (χ2v) is 11.3. The number of fused-ring (bicyclic) bond motifs is 1. The van der Waals surface area contributed by atoms with Gasteiger partial charge in [0.25, 0.3) is 5.56 Å². The zero-order chi connectivity index (χ0) is 26.7. The number of hydrogen-bond donors (Lipinski definition) is 0. The number of aromatic nitrogens is 2. The first kappa shape index (κ1) is 28.1. The summed E-state index contributed by atoms with van der Waals surface area (Å²) in [7, 11) is 1.55. The topological polar surface area (TPSA) is 65.7 Å². The van der Waals surface area contributed by atoms with Crippen LogP contribution >= 0.6 is 71.0 Å². The number of halogens is 5. The average Bonchev–Trinajstić information content (AvgIpc) is 2.88. The van der Waals surface area contributed by atoms with E-state index in [1.165, 1.54) is 4.68 Å². The van der Waals surface area contributed by atoms with Crippen LogP contribution in [-0.4, -0.2) is 23.0 Å². The number of rotatable bonds is 8. The van der Waals surface area contributed by atoms with Crippen molar-refractivity contribution >= 4 is 88.1 Å². The van der Waals surface area contributed by atoms with E-state index in [4.69, 9.17) is 32.7 Å². The van der Waals surface area contributed by atoms with Gasteiger partial charge in [-0.25, -0.2) is 4.98 Å². The van der Waals surface area contributed by atoms with E-state index in [9.17, 15) is 4.79 Å².